The second-order valence-electron chi connectivity index (χ2n) is 26.4. The maximum absolute atomic E-state index is 11.7. The van der Waals surface area contributed by atoms with Gasteiger partial charge >= 0.3 is 11.9 Å². The zero-order valence-electron chi connectivity index (χ0n) is 58.5. The molecule has 6 rings (SSSR count). The molecule has 14 nitrogen and oxygen atoms in total. The number of rotatable bonds is 25. The predicted molar refractivity (Wildman–Crippen MR) is 365 cm³/mol. The van der Waals surface area contributed by atoms with Crippen LogP contribution in [0.3, 0.4) is 0 Å². The predicted octanol–water partition coefficient (Wildman–Crippen LogP) is 15.1. The highest BCUT2D eigenvalue weighted by Gasteiger charge is 2.35. The number of allylic oxidation sites excluding steroid dienone is 4. The lowest BCUT2D eigenvalue weighted by molar-refractivity contribution is -0.144. The third-order valence-corrected chi connectivity index (χ3v) is 15.7. The van der Waals surface area contributed by atoms with Crippen LogP contribution in [0.5, 0.6) is 11.5 Å². The minimum absolute atomic E-state index is 0.0187. The monoisotopic (exact) mass is 1250 g/mol. The van der Waals surface area contributed by atoms with Gasteiger partial charge in [0.25, 0.3) is 0 Å². The summed E-state index contributed by atoms with van der Waals surface area (Å²) in [6, 6.07) is 22.6. The van der Waals surface area contributed by atoms with Crippen molar-refractivity contribution in [3.63, 3.8) is 0 Å². The van der Waals surface area contributed by atoms with Gasteiger partial charge in [-0.3, -0.25) is 19.7 Å². The van der Waals surface area contributed by atoms with Gasteiger partial charge in [-0.1, -0.05) is 187 Å². The van der Waals surface area contributed by atoms with Crippen molar-refractivity contribution in [3.8, 4) is 11.5 Å². The van der Waals surface area contributed by atoms with Gasteiger partial charge in [0.05, 0.1) is 14.2 Å². The molecule has 14 heteroatoms. The SMILES string of the molecule is CC(C)=CCCC(C)C=O.CC(C=O)Cc1ccc(C(C)(C)C)cc1.CC(C=O)Cc1ccc(C(C)C)cc1.CC(C=O)Cc1ccc2c(c1)OCO2.CC1=CC(C)C(C=O)CC1.CCCCCC1C(=O)CCC1CC(=O)OC.COC(=O)C(C[OH2+])NC(C)C. The Kier molecular flexibility index (Phi) is 44.2. The van der Waals surface area contributed by atoms with Gasteiger partial charge in [-0.15, -0.1) is 0 Å². The Labute approximate surface area is 542 Å². The van der Waals surface area contributed by atoms with E-state index in [0.717, 1.165) is 113 Å². The molecular formula is C76H118NO13+. The lowest BCUT2D eigenvalue weighted by Gasteiger charge is -2.21. The minimum atomic E-state index is -0.486. The fourth-order valence-electron chi connectivity index (χ4n) is 10.00. The molecule has 9 unspecified atom stereocenters. The Balaban J connectivity index is 0.00000103. The first-order valence-electron chi connectivity index (χ1n) is 32.8. The molecule has 3 N–H and O–H groups in total. The van der Waals surface area contributed by atoms with Crippen molar-refractivity contribution >= 4 is 49.2 Å². The van der Waals surface area contributed by atoms with E-state index in [1.54, 1.807) is 0 Å². The van der Waals surface area contributed by atoms with Crippen molar-refractivity contribution in [2.45, 2.75) is 224 Å². The highest BCUT2D eigenvalue weighted by molar-refractivity contribution is 5.84. The molecule has 0 spiro atoms. The molecule has 3 aromatic rings. The Hall–Kier alpha value is -6.38. The Morgan fingerprint density at radius 2 is 1.24 bits per heavy atom. The molecule has 1 saturated carbocycles. The summed E-state index contributed by atoms with van der Waals surface area (Å²) in [6.07, 6.45) is 22.4. The number of fused-ring (bicyclic) bond motifs is 1. The fraction of sp³-hybridized carbons (Fsp3) is 0.605. The molecule has 90 heavy (non-hydrogen) atoms. The Bertz CT molecular complexity index is 2570. The van der Waals surface area contributed by atoms with E-state index in [4.69, 9.17) is 14.6 Å². The van der Waals surface area contributed by atoms with Gasteiger partial charge in [-0.05, 0) is 142 Å². The zero-order valence-corrected chi connectivity index (χ0v) is 58.5. The third-order valence-electron chi connectivity index (χ3n) is 15.7. The molecule has 0 radical (unpaired) electrons. The summed E-state index contributed by atoms with van der Waals surface area (Å²) in [6.45, 7) is 33.4. The number of nitrogens with one attached hydrogen (secondary N) is 1. The van der Waals surface area contributed by atoms with Crippen LogP contribution in [-0.2, 0) is 72.5 Å². The van der Waals surface area contributed by atoms with E-state index < -0.39 is 6.04 Å². The fourth-order valence-corrected chi connectivity index (χ4v) is 10.00. The van der Waals surface area contributed by atoms with Crippen LogP contribution in [0.2, 0.25) is 0 Å². The van der Waals surface area contributed by atoms with E-state index in [-0.39, 0.29) is 71.4 Å². The van der Waals surface area contributed by atoms with Gasteiger partial charge in [0.15, 0.2) is 24.1 Å². The molecule has 2 aliphatic carbocycles. The van der Waals surface area contributed by atoms with E-state index in [1.807, 2.05) is 59.7 Å². The van der Waals surface area contributed by atoms with Crippen molar-refractivity contribution < 1.29 is 62.4 Å². The van der Waals surface area contributed by atoms with Crippen molar-refractivity contribution in [2.24, 2.45) is 47.3 Å². The number of aldehydes is 5. The molecule has 0 saturated heterocycles. The molecule has 0 aromatic heterocycles. The van der Waals surface area contributed by atoms with E-state index in [1.165, 1.54) is 60.5 Å². The molecule has 0 bridgehead atoms. The number of methoxy groups -OCH3 is 2. The molecule has 1 aliphatic heterocycles. The number of unbranched alkanes of at least 4 members (excludes halogenated alkanes) is 2. The van der Waals surface area contributed by atoms with Crippen LogP contribution in [0.1, 0.15) is 215 Å². The standard InChI is InChI=1S/C14H20O.C13H22O3.C13H18O.C11H12O3.C9H14O.C9H16O.C7H15NO3/c1-11(10-15)9-12-5-7-13(8-6-12)14(2,3)4;1-3-4-5-6-11-10(7-8-12(11)14)9-13(15)16-2;1-10(2)13-6-4-12(5-7-13)8-11(3)9-14;1-8(6-12)4-9-2-3-10-11(5-9)14-7-13-10;1-7-3-4-9(6-10)8(2)5-7;1-8(2)5-4-6-9(3)7-10;1-5(2)8-6(4-9)7(10)11-3/h5-8,10-11H,9H2,1-4H3;10-11H,3-9H2,1-2H3;4-7,9-11H,8H2,1-3H3;2-3,5-6,8H,4,7H2,1H3;5-6,8-9H,3-4H2,1-2H3;5,7,9H,4,6H2,1-3H3;5-6,8-9H,4H2,1-3H3/p+1. The van der Waals surface area contributed by atoms with Crippen molar-refractivity contribution in [3.05, 3.63) is 118 Å². The summed E-state index contributed by atoms with van der Waals surface area (Å²) in [5.41, 5.74) is 9.25. The van der Waals surface area contributed by atoms with E-state index in [0.29, 0.717) is 37.3 Å². The van der Waals surface area contributed by atoms with Crippen LogP contribution in [0, 0.1) is 47.3 Å². The zero-order chi connectivity index (χ0) is 68.4. The lowest BCUT2D eigenvalue weighted by atomic mass is 9.83. The number of esters is 2. The smallest absolute Gasteiger partial charge is 0.330 e. The minimum Gasteiger partial charge on any atom is -0.469 e. The molecule has 1 fully saturated rings. The van der Waals surface area contributed by atoms with E-state index in [9.17, 15) is 38.4 Å². The van der Waals surface area contributed by atoms with Crippen molar-refractivity contribution in [1.29, 1.82) is 0 Å². The first-order valence-corrected chi connectivity index (χ1v) is 32.8. The second-order valence-corrected chi connectivity index (χ2v) is 26.4. The molecule has 3 aliphatic rings. The van der Waals surface area contributed by atoms with Gasteiger partial charge in [0.2, 0.25) is 6.79 Å². The van der Waals surface area contributed by atoms with Crippen LogP contribution >= 0.6 is 0 Å². The summed E-state index contributed by atoms with van der Waals surface area (Å²) in [4.78, 5) is 85.9. The second kappa shape index (κ2) is 47.5. The normalized spacial score (nSPS) is 17.7. The van der Waals surface area contributed by atoms with Crippen LogP contribution in [-0.4, -0.2) is 94.0 Å². The average molecular weight is 1250 g/mol. The molecule has 504 valence electrons. The van der Waals surface area contributed by atoms with Gasteiger partial charge in [0, 0.05) is 54.4 Å². The van der Waals surface area contributed by atoms with Crippen LogP contribution in [0.25, 0.3) is 0 Å². The number of carbonyl (C=O) groups is 8. The molecule has 3 aromatic carbocycles. The van der Waals surface area contributed by atoms with Crippen LogP contribution in [0.4, 0.5) is 0 Å². The van der Waals surface area contributed by atoms with Gasteiger partial charge in [-0.2, -0.15) is 0 Å². The lowest BCUT2D eigenvalue weighted by Crippen LogP contribution is -2.44. The number of ether oxygens (including phenoxy) is 4. The topological polar surface area (TPSA) is 208 Å². The summed E-state index contributed by atoms with van der Waals surface area (Å²) < 4.78 is 19.6. The summed E-state index contributed by atoms with van der Waals surface area (Å²) in [5.74, 6) is 3.55. The summed E-state index contributed by atoms with van der Waals surface area (Å²) >= 11 is 0. The van der Waals surface area contributed by atoms with Crippen LogP contribution < -0.4 is 14.8 Å². The van der Waals surface area contributed by atoms with Gasteiger partial charge < -0.3 is 48.0 Å². The molecule has 0 amide bonds. The number of carbonyl (C=O) groups excluding carboxylic acids is 8. The van der Waals surface area contributed by atoms with E-state index in [2.05, 4.69) is 145 Å². The van der Waals surface area contributed by atoms with Crippen molar-refractivity contribution in [1.82, 2.24) is 5.32 Å². The Morgan fingerprint density at radius 1 is 0.711 bits per heavy atom. The van der Waals surface area contributed by atoms with Crippen molar-refractivity contribution in [2.75, 3.05) is 27.6 Å². The number of hydrogen-bond donors (Lipinski definition) is 1. The average Bonchev–Trinajstić information content (AvgIpc) is 4.03. The number of hydrogen-bond acceptors (Lipinski definition) is 13. The van der Waals surface area contributed by atoms with Gasteiger partial charge in [0.1, 0.15) is 37.2 Å². The molecular weight excluding hydrogens is 1130 g/mol. The van der Waals surface area contributed by atoms with E-state index >= 15 is 0 Å². The maximum atomic E-state index is 11.7. The third kappa shape index (κ3) is 37.1. The highest BCUT2D eigenvalue weighted by Crippen LogP contribution is 2.36. The number of benzene rings is 3. The highest BCUT2D eigenvalue weighted by atomic mass is 16.7. The largest absolute Gasteiger partial charge is 0.469 e. The molecule has 9 atom stereocenters. The number of Topliss-reactive ketones (excluding diaryl/α,β-unsaturated/α-hetero) is 1. The maximum Gasteiger partial charge on any atom is 0.330 e. The Morgan fingerprint density at radius 3 is 1.70 bits per heavy atom. The first kappa shape index (κ1) is 83.6. The van der Waals surface area contributed by atoms with Gasteiger partial charge in [-0.25, -0.2) is 0 Å². The molecule has 1 heterocycles. The first-order chi connectivity index (χ1) is 42.6. The summed E-state index contributed by atoms with van der Waals surface area (Å²) in [5, 5.41) is 9.94. The van der Waals surface area contributed by atoms with Crippen LogP contribution in [0.15, 0.2) is 90.0 Å². The number of ketones is 1. The summed E-state index contributed by atoms with van der Waals surface area (Å²) in [7, 11) is 2.73. The quantitative estimate of drug-likeness (QED) is 0.0276.